The lowest BCUT2D eigenvalue weighted by atomic mass is 10.0. The molecule has 0 spiro atoms. The molecule has 0 aromatic heterocycles. The molecule has 0 bridgehead atoms. The standard InChI is InChI=1S/C19H22N2O2/c22-19(12-16-9-10-20-13-16)21-14-15-5-4-8-18(11-15)23-17-6-2-1-3-7-17/h1-8,11,16,20H,9-10,12-14H2,(H,21,22)/t16-/m1/s1. The molecule has 0 unspecified atom stereocenters. The summed E-state index contributed by atoms with van der Waals surface area (Å²) in [6.07, 6.45) is 1.70. The van der Waals surface area contributed by atoms with Crippen LogP contribution >= 0.6 is 0 Å². The van der Waals surface area contributed by atoms with E-state index in [-0.39, 0.29) is 5.91 Å². The van der Waals surface area contributed by atoms with E-state index in [9.17, 15) is 4.79 Å². The topological polar surface area (TPSA) is 50.4 Å². The van der Waals surface area contributed by atoms with Crippen molar-refractivity contribution in [1.29, 1.82) is 0 Å². The second-order valence-electron chi connectivity index (χ2n) is 5.90. The summed E-state index contributed by atoms with van der Waals surface area (Å²) in [5, 5.41) is 6.28. The summed E-state index contributed by atoms with van der Waals surface area (Å²) < 4.78 is 5.81. The Morgan fingerprint density at radius 2 is 1.96 bits per heavy atom. The summed E-state index contributed by atoms with van der Waals surface area (Å²) in [7, 11) is 0. The number of carbonyl (C=O) groups is 1. The molecule has 1 fully saturated rings. The maximum atomic E-state index is 12.0. The summed E-state index contributed by atoms with van der Waals surface area (Å²) >= 11 is 0. The molecule has 4 heteroatoms. The zero-order valence-electron chi connectivity index (χ0n) is 13.1. The lowest BCUT2D eigenvalue weighted by Gasteiger charge is -2.10. The van der Waals surface area contributed by atoms with E-state index in [0.29, 0.717) is 18.9 Å². The molecule has 1 atom stereocenters. The van der Waals surface area contributed by atoms with Crippen molar-refractivity contribution in [2.24, 2.45) is 5.92 Å². The van der Waals surface area contributed by atoms with Crippen LogP contribution in [0.4, 0.5) is 0 Å². The number of carbonyl (C=O) groups excluding carboxylic acids is 1. The number of amides is 1. The lowest BCUT2D eigenvalue weighted by Crippen LogP contribution is -2.25. The predicted molar refractivity (Wildman–Crippen MR) is 90.4 cm³/mol. The second-order valence-corrected chi connectivity index (χ2v) is 5.90. The maximum absolute atomic E-state index is 12.0. The van der Waals surface area contributed by atoms with Crippen molar-refractivity contribution < 1.29 is 9.53 Å². The first-order valence-corrected chi connectivity index (χ1v) is 8.09. The van der Waals surface area contributed by atoms with Crippen molar-refractivity contribution >= 4 is 5.91 Å². The molecule has 2 aromatic rings. The molecule has 1 heterocycles. The highest BCUT2D eigenvalue weighted by atomic mass is 16.5. The SMILES string of the molecule is O=C(C[C@H]1CCNC1)NCc1cccc(Oc2ccccc2)c1. The molecule has 1 amide bonds. The van der Waals surface area contributed by atoms with Crippen molar-refractivity contribution in [3.63, 3.8) is 0 Å². The van der Waals surface area contributed by atoms with Gasteiger partial charge in [-0.15, -0.1) is 0 Å². The van der Waals surface area contributed by atoms with Crippen LogP contribution in [0.3, 0.4) is 0 Å². The third kappa shape index (κ3) is 4.83. The normalized spacial score (nSPS) is 17.0. The maximum Gasteiger partial charge on any atom is 0.220 e. The van der Waals surface area contributed by atoms with Gasteiger partial charge in [0, 0.05) is 13.0 Å². The van der Waals surface area contributed by atoms with Gasteiger partial charge in [0.1, 0.15) is 11.5 Å². The third-order valence-electron chi connectivity index (χ3n) is 4.00. The van der Waals surface area contributed by atoms with Gasteiger partial charge in [0.2, 0.25) is 5.91 Å². The molecule has 2 N–H and O–H groups in total. The first kappa shape index (κ1) is 15.6. The highest BCUT2D eigenvalue weighted by molar-refractivity contribution is 5.76. The minimum absolute atomic E-state index is 0.119. The van der Waals surface area contributed by atoms with Crippen LogP contribution in [0.5, 0.6) is 11.5 Å². The van der Waals surface area contributed by atoms with Crippen LogP contribution in [-0.4, -0.2) is 19.0 Å². The van der Waals surface area contributed by atoms with E-state index >= 15 is 0 Å². The number of hydrogen-bond acceptors (Lipinski definition) is 3. The van der Waals surface area contributed by atoms with E-state index in [4.69, 9.17) is 4.74 Å². The largest absolute Gasteiger partial charge is 0.457 e. The zero-order valence-corrected chi connectivity index (χ0v) is 13.1. The molecular formula is C19H22N2O2. The average Bonchev–Trinajstić information content (AvgIpc) is 3.07. The minimum Gasteiger partial charge on any atom is -0.457 e. The molecule has 120 valence electrons. The van der Waals surface area contributed by atoms with Crippen molar-refractivity contribution in [3.05, 3.63) is 60.2 Å². The average molecular weight is 310 g/mol. The van der Waals surface area contributed by atoms with E-state index in [1.165, 1.54) is 0 Å². The number of ether oxygens (including phenoxy) is 1. The Hall–Kier alpha value is -2.33. The molecule has 3 rings (SSSR count). The Balaban J connectivity index is 1.52. The van der Waals surface area contributed by atoms with Crippen LogP contribution in [0.2, 0.25) is 0 Å². The van der Waals surface area contributed by atoms with E-state index in [1.54, 1.807) is 0 Å². The summed E-state index contributed by atoms with van der Waals surface area (Å²) in [5.74, 6) is 2.18. The van der Waals surface area contributed by atoms with Gasteiger partial charge in [-0.1, -0.05) is 30.3 Å². The molecule has 1 saturated heterocycles. The Morgan fingerprint density at radius 3 is 2.74 bits per heavy atom. The van der Waals surface area contributed by atoms with Crippen molar-refractivity contribution in [2.45, 2.75) is 19.4 Å². The van der Waals surface area contributed by atoms with Crippen molar-refractivity contribution in [1.82, 2.24) is 10.6 Å². The molecule has 0 radical (unpaired) electrons. The van der Waals surface area contributed by atoms with Gasteiger partial charge in [-0.3, -0.25) is 4.79 Å². The van der Waals surface area contributed by atoms with E-state index in [1.807, 2.05) is 54.6 Å². The van der Waals surface area contributed by atoms with E-state index < -0.39 is 0 Å². The number of para-hydroxylation sites is 1. The Bertz CT molecular complexity index is 637. The molecule has 4 nitrogen and oxygen atoms in total. The first-order chi connectivity index (χ1) is 11.3. The minimum atomic E-state index is 0.119. The highest BCUT2D eigenvalue weighted by Crippen LogP contribution is 2.21. The fourth-order valence-electron chi connectivity index (χ4n) is 2.77. The quantitative estimate of drug-likeness (QED) is 0.862. The zero-order chi connectivity index (χ0) is 15.9. The van der Waals surface area contributed by atoms with Gasteiger partial charge in [-0.05, 0) is 55.3 Å². The third-order valence-corrected chi connectivity index (χ3v) is 4.00. The summed E-state index contributed by atoms with van der Waals surface area (Å²) in [6, 6.07) is 17.5. The monoisotopic (exact) mass is 310 g/mol. The van der Waals surface area contributed by atoms with Crippen molar-refractivity contribution in [3.8, 4) is 11.5 Å². The van der Waals surface area contributed by atoms with Gasteiger partial charge in [0.05, 0.1) is 0 Å². The molecule has 0 aliphatic carbocycles. The van der Waals surface area contributed by atoms with Crippen LogP contribution < -0.4 is 15.4 Å². The molecule has 1 aliphatic rings. The van der Waals surface area contributed by atoms with Gasteiger partial charge in [0.25, 0.3) is 0 Å². The van der Waals surface area contributed by atoms with Gasteiger partial charge < -0.3 is 15.4 Å². The molecular weight excluding hydrogens is 288 g/mol. The number of nitrogens with one attached hydrogen (secondary N) is 2. The predicted octanol–water partition coefficient (Wildman–Crippen LogP) is 3.09. The Morgan fingerprint density at radius 1 is 1.13 bits per heavy atom. The smallest absolute Gasteiger partial charge is 0.220 e. The van der Waals surface area contributed by atoms with Crippen LogP contribution in [-0.2, 0) is 11.3 Å². The van der Waals surface area contributed by atoms with Crippen molar-refractivity contribution in [2.75, 3.05) is 13.1 Å². The molecule has 1 aliphatic heterocycles. The summed E-state index contributed by atoms with van der Waals surface area (Å²) in [6.45, 7) is 2.51. The van der Waals surface area contributed by atoms with Crippen LogP contribution in [0, 0.1) is 5.92 Å². The van der Waals surface area contributed by atoms with Gasteiger partial charge in [-0.25, -0.2) is 0 Å². The van der Waals surface area contributed by atoms with Gasteiger partial charge in [-0.2, -0.15) is 0 Å². The summed E-state index contributed by atoms with van der Waals surface area (Å²) in [5.41, 5.74) is 1.04. The first-order valence-electron chi connectivity index (χ1n) is 8.09. The molecule has 2 aromatic carbocycles. The second kappa shape index (κ2) is 7.79. The van der Waals surface area contributed by atoms with E-state index in [0.717, 1.165) is 36.6 Å². The van der Waals surface area contributed by atoms with Crippen LogP contribution in [0.25, 0.3) is 0 Å². The van der Waals surface area contributed by atoms with Crippen LogP contribution in [0.1, 0.15) is 18.4 Å². The molecule has 0 saturated carbocycles. The summed E-state index contributed by atoms with van der Waals surface area (Å²) in [4.78, 5) is 12.0. The van der Waals surface area contributed by atoms with Gasteiger partial charge >= 0.3 is 0 Å². The fraction of sp³-hybridized carbons (Fsp3) is 0.316. The fourth-order valence-corrected chi connectivity index (χ4v) is 2.77. The Kier molecular flexibility index (Phi) is 5.27. The van der Waals surface area contributed by atoms with Crippen LogP contribution in [0.15, 0.2) is 54.6 Å². The lowest BCUT2D eigenvalue weighted by molar-refractivity contribution is -0.122. The number of rotatable bonds is 6. The highest BCUT2D eigenvalue weighted by Gasteiger charge is 2.17. The van der Waals surface area contributed by atoms with E-state index in [2.05, 4.69) is 10.6 Å². The number of benzene rings is 2. The molecule has 23 heavy (non-hydrogen) atoms. The number of hydrogen-bond donors (Lipinski definition) is 2. The Labute approximate surface area is 136 Å². The van der Waals surface area contributed by atoms with Gasteiger partial charge in [0.15, 0.2) is 0 Å².